The van der Waals surface area contributed by atoms with Crippen molar-refractivity contribution in [3.63, 3.8) is 0 Å². The number of piperidine rings is 1. The lowest BCUT2D eigenvalue weighted by Crippen LogP contribution is -2.50. The number of likely N-dealkylation sites (tertiary alicyclic amines) is 1. The van der Waals surface area contributed by atoms with Crippen LogP contribution in [-0.4, -0.2) is 85.1 Å². The highest BCUT2D eigenvalue weighted by Crippen LogP contribution is 2.35. The third kappa shape index (κ3) is 4.19. The molecule has 2 fully saturated rings. The predicted octanol–water partition coefficient (Wildman–Crippen LogP) is 1.10. The maximum absolute atomic E-state index is 13.2. The molecule has 0 spiro atoms. The normalized spacial score (nSPS) is 21.2. The molecule has 3 aromatic heterocycles. The smallest absolute Gasteiger partial charge is 0.322 e. The second kappa shape index (κ2) is 9.30. The highest BCUT2D eigenvalue weighted by Gasteiger charge is 2.37. The Kier molecular flexibility index (Phi) is 5.83. The second-order valence-corrected chi connectivity index (χ2v) is 10.1. The van der Waals surface area contributed by atoms with Gasteiger partial charge in [-0.15, -0.1) is 5.10 Å². The molecule has 13 heteroatoms. The third-order valence-corrected chi connectivity index (χ3v) is 7.72. The van der Waals surface area contributed by atoms with E-state index in [2.05, 4.69) is 24.9 Å². The molecule has 3 amide bonds. The minimum Gasteiger partial charge on any atom is -0.337 e. The minimum absolute atomic E-state index is 0.0103. The minimum atomic E-state index is -0.275. The van der Waals surface area contributed by atoms with Crippen molar-refractivity contribution < 1.29 is 9.59 Å². The van der Waals surface area contributed by atoms with E-state index in [1.165, 1.54) is 0 Å². The number of pyridine rings is 1. The van der Waals surface area contributed by atoms with E-state index in [4.69, 9.17) is 0 Å². The molecule has 0 unspecified atom stereocenters. The van der Waals surface area contributed by atoms with Gasteiger partial charge >= 0.3 is 6.03 Å². The molecule has 0 saturated carbocycles. The fourth-order valence-corrected chi connectivity index (χ4v) is 5.92. The van der Waals surface area contributed by atoms with Gasteiger partial charge in [-0.25, -0.2) is 14.8 Å². The van der Waals surface area contributed by atoms with Crippen molar-refractivity contribution in [3.8, 4) is 0 Å². The molecule has 0 aromatic carbocycles. The fraction of sp³-hybridized carbons (Fsp3) is 0.435. The molecule has 0 aliphatic carbocycles. The summed E-state index contributed by atoms with van der Waals surface area (Å²) in [5.74, 6) is 0.721. The zero-order chi connectivity index (χ0) is 24.6. The van der Waals surface area contributed by atoms with Gasteiger partial charge in [0.05, 0.1) is 0 Å². The van der Waals surface area contributed by atoms with Crippen LogP contribution in [0.1, 0.15) is 28.5 Å². The standard InChI is InChI=1S/C23H25N9O3S/c33-18-4-1-3-17-16-11-15(13-32(17)18)12-31(14-16)23(35)26-20-19(27-28-36-20)21(34)29-7-9-30(10-8-29)22-24-5-2-6-25-22/h1-6,15-16H,7-14H2,(H,26,35)/t15-,16+/m0/s1. The van der Waals surface area contributed by atoms with Crippen LogP contribution in [0.15, 0.2) is 41.5 Å². The van der Waals surface area contributed by atoms with Crippen LogP contribution in [0.4, 0.5) is 15.7 Å². The van der Waals surface area contributed by atoms with Gasteiger partial charge in [-0.2, -0.15) is 0 Å². The van der Waals surface area contributed by atoms with Crippen molar-refractivity contribution in [2.75, 3.05) is 49.5 Å². The number of anilines is 2. The molecule has 36 heavy (non-hydrogen) atoms. The lowest BCUT2D eigenvalue weighted by Gasteiger charge is -2.42. The zero-order valence-electron chi connectivity index (χ0n) is 19.5. The van der Waals surface area contributed by atoms with Crippen LogP contribution in [0, 0.1) is 5.92 Å². The molecule has 12 nitrogen and oxygen atoms in total. The molecule has 6 heterocycles. The fourth-order valence-electron chi connectivity index (χ4n) is 5.36. The number of urea groups is 1. The summed E-state index contributed by atoms with van der Waals surface area (Å²) in [4.78, 5) is 52.7. The number of rotatable bonds is 3. The van der Waals surface area contributed by atoms with E-state index in [0.29, 0.717) is 56.8 Å². The monoisotopic (exact) mass is 507 g/mol. The number of nitrogens with one attached hydrogen (secondary N) is 1. The van der Waals surface area contributed by atoms with Crippen molar-refractivity contribution in [1.29, 1.82) is 0 Å². The lowest BCUT2D eigenvalue weighted by molar-refractivity contribution is 0.0741. The summed E-state index contributed by atoms with van der Waals surface area (Å²) in [5.41, 5.74) is 1.15. The first-order valence-corrected chi connectivity index (χ1v) is 12.7. The third-order valence-electron chi connectivity index (χ3n) is 7.08. The van der Waals surface area contributed by atoms with Crippen molar-refractivity contribution in [3.05, 3.63) is 58.4 Å². The van der Waals surface area contributed by atoms with Gasteiger partial charge in [0.1, 0.15) is 0 Å². The van der Waals surface area contributed by atoms with Crippen LogP contribution in [0.2, 0.25) is 0 Å². The van der Waals surface area contributed by atoms with Gasteiger partial charge < -0.3 is 19.3 Å². The number of carbonyl (C=O) groups excluding carboxylic acids is 2. The Balaban J connectivity index is 1.10. The van der Waals surface area contributed by atoms with Gasteiger partial charge in [0.15, 0.2) is 10.7 Å². The molecule has 2 bridgehead atoms. The van der Waals surface area contributed by atoms with E-state index in [1.807, 2.05) is 15.5 Å². The van der Waals surface area contributed by atoms with E-state index in [9.17, 15) is 14.4 Å². The molecule has 3 aromatic rings. The van der Waals surface area contributed by atoms with E-state index < -0.39 is 0 Å². The van der Waals surface area contributed by atoms with Gasteiger partial charge in [-0.05, 0) is 24.5 Å². The number of nitrogens with zero attached hydrogens (tertiary/aromatic N) is 8. The molecule has 6 rings (SSSR count). The van der Waals surface area contributed by atoms with E-state index in [1.54, 1.807) is 40.4 Å². The number of hydrogen-bond acceptors (Lipinski definition) is 9. The number of amides is 3. The number of carbonyl (C=O) groups is 2. The SMILES string of the molecule is O=C(Nc1snnc1C(=O)N1CCN(c2ncccn2)CC1)N1C[C@@H]2C[C@H](C1)c1cccc(=O)n1C2. The maximum atomic E-state index is 13.2. The Morgan fingerprint density at radius 1 is 0.972 bits per heavy atom. The Bertz CT molecular complexity index is 1340. The number of aromatic nitrogens is 5. The Morgan fingerprint density at radius 2 is 1.78 bits per heavy atom. The molecule has 3 aliphatic heterocycles. The summed E-state index contributed by atoms with van der Waals surface area (Å²) in [5, 5.41) is 7.26. The number of hydrogen-bond donors (Lipinski definition) is 1. The Hall–Kier alpha value is -3.87. The molecule has 186 valence electrons. The largest absolute Gasteiger partial charge is 0.337 e. The predicted molar refractivity (Wildman–Crippen MR) is 132 cm³/mol. The van der Waals surface area contributed by atoms with Crippen molar-refractivity contribution in [2.24, 2.45) is 5.92 Å². The van der Waals surface area contributed by atoms with E-state index in [-0.39, 0.29) is 35.0 Å². The average Bonchev–Trinajstić information content (AvgIpc) is 3.37. The maximum Gasteiger partial charge on any atom is 0.322 e. The van der Waals surface area contributed by atoms with E-state index >= 15 is 0 Å². The molecular weight excluding hydrogens is 482 g/mol. The average molecular weight is 508 g/mol. The van der Waals surface area contributed by atoms with Gasteiger partial charge in [0.25, 0.3) is 11.5 Å². The van der Waals surface area contributed by atoms with Crippen LogP contribution in [0.25, 0.3) is 0 Å². The Morgan fingerprint density at radius 3 is 2.58 bits per heavy atom. The summed E-state index contributed by atoms with van der Waals surface area (Å²) in [7, 11) is 0. The quantitative estimate of drug-likeness (QED) is 0.558. The first kappa shape index (κ1) is 22.6. The lowest BCUT2D eigenvalue weighted by atomic mass is 9.83. The number of fused-ring (bicyclic) bond motifs is 4. The molecule has 0 radical (unpaired) electrons. The molecule has 3 aliphatic rings. The zero-order valence-corrected chi connectivity index (χ0v) is 20.3. The highest BCUT2D eigenvalue weighted by atomic mass is 32.1. The van der Waals surface area contributed by atoms with Gasteiger partial charge in [-0.1, -0.05) is 10.6 Å². The first-order chi connectivity index (χ1) is 17.6. The molecular formula is C23H25N9O3S. The highest BCUT2D eigenvalue weighted by molar-refractivity contribution is 7.10. The van der Waals surface area contributed by atoms with Gasteiger partial charge in [0.2, 0.25) is 5.95 Å². The van der Waals surface area contributed by atoms with Crippen LogP contribution >= 0.6 is 11.5 Å². The summed E-state index contributed by atoms with van der Waals surface area (Å²) < 4.78 is 5.77. The first-order valence-electron chi connectivity index (χ1n) is 12.0. The van der Waals surface area contributed by atoms with Crippen molar-refractivity contribution in [1.82, 2.24) is 33.9 Å². The second-order valence-electron chi connectivity index (χ2n) is 9.31. The Labute approximate surface area is 210 Å². The molecule has 1 N–H and O–H groups in total. The molecule has 2 saturated heterocycles. The summed E-state index contributed by atoms with van der Waals surface area (Å²) in [6.07, 6.45) is 4.35. The van der Waals surface area contributed by atoms with E-state index in [0.717, 1.165) is 23.6 Å². The van der Waals surface area contributed by atoms with Crippen LogP contribution in [0.3, 0.4) is 0 Å². The van der Waals surface area contributed by atoms with Crippen molar-refractivity contribution in [2.45, 2.75) is 18.9 Å². The topological polar surface area (TPSA) is 129 Å². The molecule has 2 atom stereocenters. The number of piperazine rings is 1. The van der Waals surface area contributed by atoms with Gasteiger partial charge in [-0.3, -0.25) is 14.9 Å². The van der Waals surface area contributed by atoms with Gasteiger partial charge in [0, 0.05) is 87.4 Å². The van der Waals surface area contributed by atoms with Crippen LogP contribution in [-0.2, 0) is 6.54 Å². The van der Waals surface area contributed by atoms with Crippen LogP contribution < -0.4 is 15.8 Å². The summed E-state index contributed by atoms with van der Waals surface area (Å²) in [6.45, 7) is 3.90. The summed E-state index contributed by atoms with van der Waals surface area (Å²) in [6, 6.07) is 6.82. The van der Waals surface area contributed by atoms with Crippen molar-refractivity contribution >= 4 is 34.4 Å². The van der Waals surface area contributed by atoms with Crippen LogP contribution in [0.5, 0.6) is 0 Å². The summed E-state index contributed by atoms with van der Waals surface area (Å²) >= 11 is 1.00.